The SMILES string of the molecule is CCNC(=O)C[C@@H](C)N. The molecule has 54 valence electrons. The second-order valence-electron chi connectivity index (χ2n) is 2.13. The van der Waals surface area contributed by atoms with E-state index in [1.165, 1.54) is 0 Å². The molecule has 1 atom stereocenters. The quantitative estimate of drug-likeness (QED) is 0.558. The van der Waals surface area contributed by atoms with Gasteiger partial charge in [0.1, 0.15) is 0 Å². The van der Waals surface area contributed by atoms with Crippen LogP contribution in [0.4, 0.5) is 0 Å². The Kier molecular flexibility index (Phi) is 4.05. The Morgan fingerprint density at radius 2 is 2.33 bits per heavy atom. The summed E-state index contributed by atoms with van der Waals surface area (Å²) in [6.45, 7) is 4.39. The van der Waals surface area contributed by atoms with Crippen LogP contribution in [-0.2, 0) is 4.79 Å². The van der Waals surface area contributed by atoms with E-state index in [1.54, 1.807) is 0 Å². The van der Waals surface area contributed by atoms with Crippen LogP contribution >= 0.6 is 0 Å². The zero-order chi connectivity index (χ0) is 7.28. The number of rotatable bonds is 3. The van der Waals surface area contributed by atoms with Crippen LogP contribution in [0.5, 0.6) is 0 Å². The van der Waals surface area contributed by atoms with Gasteiger partial charge in [0.2, 0.25) is 5.91 Å². The highest BCUT2D eigenvalue weighted by molar-refractivity contribution is 5.76. The molecule has 0 aliphatic rings. The Balaban J connectivity index is 3.27. The van der Waals surface area contributed by atoms with Gasteiger partial charge in [-0.3, -0.25) is 4.79 Å². The molecule has 0 aromatic carbocycles. The minimum Gasteiger partial charge on any atom is -0.356 e. The second-order valence-corrected chi connectivity index (χ2v) is 2.13. The molecule has 0 spiro atoms. The van der Waals surface area contributed by atoms with Gasteiger partial charge in [-0.05, 0) is 13.8 Å². The Bertz CT molecular complexity index is 91.1. The third kappa shape index (κ3) is 5.30. The number of amides is 1. The first-order valence-corrected chi connectivity index (χ1v) is 3.19. The Morgan fingerprint density at radius 3 is 2.67 bits per heavy atom. The van der Waals surface area contributed by atoms with Crippen molar-refractivity contribution in [2.24, 2.45) is 5.73 Å². The molecule has 0 bridgehead atoms. The summed E-state index contributed by atoms with van der Waals surface area (Å²) in [5.41, 5.74) is 5.36. The minimum atomic E-state index is -0.0310. The van der Waals surface area contributed by atoms with Crippen LogP contribution in [0, 0.1) is 0 Å². The number of carbonyl (C=O) groups is 1. The average molecular weight is 130 g/mol. The van der Waals surface area contributed by atoms with Crippen molar-refractivity contribution in [3.05, 3.63) is 0 Å². The van der Waals surface area contributed by atoms with Gasteiger partial charge in [0.15, 0.2) is 0 Å². The van der Waals surface area contributed by atoms with Gasteiger partial charge in [0.05, 0.1) is 0 Å². The van der Waals surface area contributed by atoms with Crippen molar-refractivity contribution >= 4 is 5.91 Å². The molecule has 3 N–H and O–H groups in total. The van der Waals surface area contributed by atoms with Crippen LogP contribution in [0.3, 0.4) is 0 Å². The molecule has 0 aliphatic heterocycles. The standard InChI is InChI=1S/C6H14N2O/c1-3-8-6(9)4-5(2)7/h5H,3-4,7H2,1-2H3,(H,8,9)/t5-/m1/s1. The third-order valence-electron chi connectivity index (χ3n) is 0.881. The van der Waals surface area contributed by atoms with Crippen molar-refractivity contribution in [3.8, 4) is 0 Å². The summed E-state index contributed by atoms with van der Waals surface area (Å²) in [4.78, 5) is 10.7. The maximum Gasteiger partial charge on any atom is 0.221 e. The zero-order valence-corrected chi connectivity index (χ0v) is 5.98. The predicted octanol–water partition coefficient (Wildman–Crippen LogP) is -0.140. The summed E-state index contributed by atoms with van der Waals surface area (Å²) >= 11 is 0. The number of nitrogens with two attached hydrogens (primary N) is 1. The minimum absolute atomic E-state index is 0.0310. The fraction of sp³-hybridized carbons (Fsp3) is 0.833. The molecule has 0 saturated carbocycles. The van der Waals surface area contributed by atoms with Gasteiger partial charge in [-0.25, -0.2) is 0 Å². The van der Waals surface area contributed by atoms with Gasteiger partial charge >= 0.3 is 0 Å². The molecule has 0 aliphatic carbocycles. The van der Waals surface area contributed by atoms with E-state index in [0.717, 1.165) is 0 Å². The molecular weight excluding hydrogens is 116 g/mol. The molecule has 0 aromatic rings. The van der Waals surface area contributed by atoms with Crippen LogP contribution in [0.2, 0.25) is 0 Å². The lowest BCUT2D eigenvalue weighted by Gasteiger charge is -2.03. The van der Waals surface area contributed by atoms with Crippen molar-refractivity contribution in [2.75, 3.05) is 6.54 Å². The predicted molar refractivity (Wildman–Crippen MR) is 37.0 cm³/mol. The highest BCUT2D eigenvalue weighted by Gasteiger charge is 2.01. The first kappa shape index (κ1) is 8.43. The highest BCUT2D eigenvalue weighted by Crippen LogP contribution is 1.83. The summed E-state index contributed by atoms with van der Waals surface area (Å²) in [5, 5.41) is 2.66. The van der Waals surface area contributed by atoms with Crippen LogP contribution in [0.25, 0.3) is 0 Å². The number of hydrogen-bond acceptors (Lipinski definition) is 2. The highest BCUT2D eigenvalue weighted by atomic mass is 16.1. The molecule has 0 aromatic heterocycles. The molecule has 0 saturated heterocycles. The van der Waals surface area contributed by atoms with Gasteiger partial charge in [-0.2, -0.15) is 0 Å². The van der Waals surface area contributed by atoms with Gasteiger partial charge in [-0.1, -0.05) is 0 Å². The zero-order valence-electron chi connectivity index (χ0n) is 5.98. The van der Waals surface area contributed by atoms with E-state index in [2.05, 4.69) is 5.32 Å². The average Bonchev–Trinajstić information content (AvgIpc) is 1.63. The summed E-state index contributed by atoms with van der Waals surface area (Å²) in [6.07, 6.45) is 0.424. The maximum atomic E-state index is 10.7. The summed E-state index contributed by atoms with van der Waals surface area (Å²) in [6, 6.07) is -0.0310. The molecule has 0 unspecified atom stereocenters. The molecule has 0 rings (SSSR count). The normalized spacial score (nSPS) is 12.8. The van der Waals surface area contributed by atoms with Gasteiger partial charge in [-0.15, -0.1) is 0 Å². The molecular formula is C6H14N2O. The first-order valence-electron chi connectivity index (χ1n) is 3.19. The topological polar surface area (TPSA) is 55.1 Å². The lowest BCUT2D eigenvalue weighted by Crippen LogP contribution is -2.29. The summed E-state index contributed by atoms with van der Waals surface area (Å²) in [5.74, 6) is 0.0347. The fourth-order valence-electron chi connectivity index (χ4n) is 0.562. The van der Waals surface area contributed by atoms with E-state index in [1.807, 2.05) is 13.8 Å². The lowest BCUT2D eigenvalue weighted by molar-refractivity contribution is -0.121. The van der Waals surface area contributed by atoms with Crippen LogP contribution in [0.1, 0.15) is 20.3 Å². The van der Waals surface area contributed by atoms with E-state index in [0.29, 0.717) is 13.0 Å². The molecule has 0 heterocycles. The Hall–Kier alpha value is -0.570. The van der Waals surface area contributed by atoms with Crippen molar-refractivity contribution < 1.29 is 4.79 Å². The number of nitrogens with one attached hydrogen (secondary N) is 1. The molecule has 1 amide bonds. The molecule has 0 fully saturated rings. The summed E-state index contributed by atoms with van der Waals surface area (Å²) in [7, 11) is 0. The van der Waals surface area contributed by atoms with Crippen molar-refractivity contribution in [1.82, 2.24) is 5.32 Å². The first-order chi connectivity index (χ1) is 4.16. The van der Waals surface area contributed by atoms with E-state index in [4.69, 9.17) is 5.73 Å². The van der Waals surface area contributed by atoms with Gasteiger partial charge in [0.25, 0.3) is 0 Å². The number of hydrogen-bond donors (Lipinski definition) is 2. The largest absolute Gasteiger partial charge is 0.356 e. The second kappa shape index (κ2) is 4.32. The van der Waals surface area contributed by atoms with Crippen LogP contribution < -0.4 is 11.1 Å². The van der Waals surface area contributed by atoms with E-state index in [9.17, 15) is 4.79 Å². The van der Waals surface area contributed by atoms with E-state index >= 15 is 0 Å². The smallest absolute Gasteiger partial charge is 0.221 e. The number of carbonyl (C=O) groups excluding carboxylic acids is 1. The van der Waals surface area contributed by atoms with Crippen LogP contribution in [0.15, 0.2) is 0 Å². The monoisotopic (exact) mass is 130 g/mol. The van der Waals surface area contributed by atoms with E-state index in [-0.39, 0.29) is 11.9 Å². The third-order valence-corrected chi connectivity index (χ3v) is 0.881. The van der Waals surface area contributed by atoms with Gasteiger partial charge < -0.3 is 11.1 Å². The lowest BCUT2D eigenvalue weighted by atomic mass is 10.2. The van der Waals surface area contributed by atoms with E-state index < -0.39 is 0 Å². The van der Waals surface area contributed by atoms with Crippen molar-refractivity contribution in [1.29, 1.82) is 0 Å². The molecule has 9 heavy (non-hydrogen) atoms. The molecule has 3 heteroatoms. The van der Waals surface area contributed by atoms with Crippen LogP contribution in [-0.4, -0.2) is 18.5 Å². The molecule has 3 nitrogen and oxygen atoms in total. The fourth-order valence-corrected chi connectivity index (χ4v) is 0.562. The van der Waals surface area contributed by atoms with Crippen molar-refractivity contribution in [2.45, 2.75) is 26.3 Å². The Morgan fingerprint density at radius 1 is 1.78 bits per heavy atom. The summed E-state index contributed by atoms with van der Waals surface area (Å²) < 4.78 is 0. The van der Waals surface area contributed by atoms with Gasteiger partial charge in [0, 0.05) is 19.0 Å². The Labute approximate surface area is 55.6 Å². The van der Waals surface area contributed by atoms with Crippen molar-refractivity contribution in [3.63, 3.8) is 0 Å². The molecule has 0 radical (unpaired) electrons. The maximum absolute atomic E-state index is 10.7.